The first-order valence-corrected chi connectivity index (χ1v) is 9.49. The van der Waals surface area contributed by atoms with Gasteiger partial charge >= 0.3 is 0 Å². The molecule has 2 aromatic carbocycles. The van der Waals surface area contributed by atoms with Crippen molar-refractivity contribution >= 4 is 56.2 Å². The van der Waals surface area contributed by atoms with Gasteiger partial charge in [-0.3, -0.25) is 0 Å². The summed E-state index contributed by atoms with van der Waals surface area (Å²) in [6, 6.07) is 16.2. The molecule has 0 spiro atoms. The Morgan fingerprint density at radius 3 is 2.79 bits per heavy atom. The van der Waals surface area contributed by atoms with Crippen molar-refractivity contribution in [3.63, 3.8) is 0 Å². The molecule has 3 nitrogen and oxygen atoms in total. The molecule has 1 atom stereocenters. The Bertz CT molecular complexity index is 842. The largest absolute Gasteiger partial charge is 0.340 e. The highest BCUT2D eigenvalue weighted by atomic mass is 35.5. The number of halogens is 1. The molecule has 1 aliphatic rings. The van der Waals surface area contributed by atoms with Crippen molar-refractivity contribution in [2.45, 2.75) is 18.9 Å². The quantitative estimate of drug-likeness (QED) is 0.602. The first kappa shape index (κ1) is 15.8. The minimum atomic E-state index is 0.259. The number of thiazole rings is 1. The molecule has 2 heterocycles. The zero-order valence-electron chi connectivity index (χ0n) is 12.9. The Morgan fingerprint density at radius 2 is 2.00 bits per heavy atom. The maximum absolute atomic E-state index is 5.94. The van der Waals surface area contributed by atoms with Crippen LogP contribution in [0.3, 0.4) is 0 Å². The molecule has 0 bridgehead atoms. The molecule has 122 valence electrons. The summed E-state index contributed by atoms with van der Waals surface area (Å²) in [5.41, 5.74) is 2.03. The molecule has 0 unspecified atom stereocenters. The predicted octanol–water partition coefficient (Wildman–Crippen LogP) is 5.48. The van der Waals surface area contributed by atoms with Gasteiger partial charge < -0.3 is 10.2 Å². The maximum Gasteiger partial charge on any atom is 0.174 e. The summed E-state index contributed by atoms with van der Waals surface area (Å²) in [5.74, 6) is 0. The second-order valence-electron chi connectivity index (χ2n) is 5.81. The molecule has 0 amide bonds. The van der Waals surface area contributed by atoms with Crippen LogP contribution in [0.2, 0.25) is 5.02 Å². The van der Waals surface area contributed by atoms with Gasteiger partial charge in [0.25, 0.3) is 0 Å². The Morgan fingerprint density at radius 1 is 1.21 bits per heavy atom. The third-order valence-corrected chi connectivity index (χ3v) is 5.93. The number of rotatable bonds is 2. The summed E-state index contributed by atoms with van der Waals surface area (Å²) in [5, 5.41) is 5.94. The summed E-state index contributed by atoms with van der Waals surface area (Å²) in [6.45, 7) is 0.958. The number of hydrogen-bond acceptors (Lipinski definition) is 3. The smallest absolute Gasteiger partial charge is 0.174 e. The Labute approximate surface area is 155 Å². The number of para-hydroxylation sites is 1. The molecule has 6 heteroatoms. The lowest BCUT2D eigenvalue weighted by molar-refractivity contribution is 0.405. The highest BCUT2D eigenvalue weighted by molar-refractivity contribution is 7.80. The van der Waals surface area contributed by atoms with Gasteiger partial charge in [0.05, 0.1) is 16.3 Å². The van der Waals surface area contributed by atoms with Crippen LogP contribution in [0.15, 0.2) is 48.5 Å². The Balaban J connectivity index is 1.55. The van der Waals surface area contributed by atoms with Crippen molar-refractivity contribution < 1.29 is 0 Å². The topological polar surface area (TPSA) is 28.2 Å². The molecule has 0 radical (unpaired) electrons. The fourth-order valence-corrected chi connectivity index (χ4v) is 4.61. The van der Waals surface area contributed by atoms with E-state index in [1.165, 1.54) is 4.70 Å². The molecule has 1 saturated heterocycles. The minimum absolute atomic E-state index is 0.259. The zero-order chi connectivity index (χ0) is 16.5. The van der Waals surface area contributed by atoms with Gasteiger partial charge in [0.2, 0.25) is 0 Å². The first-order chi connectivity index (χ1) is 11.7. The van der Waals surface area contributed by atoms with Crippen LogP contribution in [-0.2, 0) is 0 Å². The van der Waals surface area contributed by atoms with Crippen LogP contribution in [-0.4, -0.2) is 21.5 Å². The van der Waals surface area contributed by atoms with E-state index in [2.05, 4.69) is 28.4 Å². The van der Waals surface area contributed by atoms with Gasteiger partial charge in [0.15, 0.2) is 5.11 Å². The lowest BCUT2D eigenvalue weighted by atomic mass is 10.2. The number of hydrogen-bond donors (Lipinski definition) is 1. The first-order valence-electron chi connectivity index (χ1n) is 7.89. The van der Waals surface area contributed by atoms with Gasteiger partial charge in [-0.2, -0.15) is 0 Å². The molecule has 0 saturated carbocycles. The Hall–Kier alpha value is -1.69. The maximum atomic E-state index is 5.94. The van der Waals surface area contributed by atoms with Gasteiger partial charge in [-0.1, -0.05) is 23.7 Å². The number of nitrogens with one attached hydrogen (secondary N) is 1. The number of thiocarbonyl (C=S) groups is 1. The lowest BCUT2D eigenvalue weighted by Crippen LogP contribution is -2.34. The monoisotopic (exact) mass is 373 g/mol. The van der Waals surface area contributed by atoms with Crippen molar-refractivity contribution in [1.29, 1.82) is 0 Å². The molecule has 1 aliphatic heterocycles. The summed E-state index contributed by atoms with van der Waals surface area (Å²) in [7, 11) is 0. The van der Waals surface area contributed by atoms with E-state index in [1.807, 2.05) is 30.3 Å². The Kier molecular flexibility index (Phi) is 4.39. The second kappa shape index (κ2) is 6.67. The fraction of sp³-hybridized carbons (Fsp3) is 0.222. The van der Waals surface area contributed by atoms with E-state index >= 15 is 0 Å². The highest BCUT2D eigenvalue weighted by Gasteiger charge is 2.30. The van der Waals surface area contributed by atoms with E-state index in [0.717, 1.165) is 45.7 Å². The van der Waals surface area contributed by atoms with Crippen molar-refractivity contribution in [3.8, 4) is 0 Å². The van der Waals surface area contributed by atoms with Gasteiger partial charge in [0, 0.05) is 17.3 Å². The van der Waals surface area contributed by atoms with Crippen LogP contribution in [0.1, 0.15) is 23.9 Å². The summed E-state index contributed by atoms with van der Waals surface area (Å²) in [4.78, 5) is 7.07. The third-order valence-electron chi connectivity index (χ3n) is 4.20. The van der Waals surface area contributed by atoms with Crippen molar-refractivity contribution in [1.82, 2.24) is 9.88 Å². The van der Waals surface area contributed by atoms with E-state index < -0.39 is 0 Å². The highest BCUT2D eigenvalue weighted by Crippen LogP contribution is 2.36. The van der Waals surface area contributed by atoms with Crippen LogP contribution < -0.4 is 5.32 Å². The standard InChI is InChI=1S/C18H16ClN3S2/c19-12-7-9-13(10-8-12)20-18(23)22-11-3-5-15(22)17-21-14-4-1-2-6-16(14)24-17/h1-2,4,6-10,15H,3,5,11H2,(H,20,23)/t15-/m0/s1. The van der Waals surface area contributed by atoms with Crippen molar-refractivity contribution in [2.75, 3.05) is 11.9 Å². The van der Waals surface area contributed by atoms with Crippen molar-refractivity contribution in [3.05, 3.63) is 58.6 Å². The van der Waals surface area contributed by atoms with Crippen LogP contribution in [0.4, 0.5) is 5.69 Å². The minimum Gasteiger partial charge on any atom is -0.340 e. The molecule has 24 heavy (non-hydrogen) atoms. The molecule has 3 aromatic rings. The zero-order valence-corrected chi connectivity index (χ0v) is 15.3. The van der Waals surface area contributed by atoms with Crippen LogP contribution >= 0.6 is 35.2 Å². The van der Waals surface area contributed by atoms with Crippen LogP contribution in [0.5, 0.6) is 0 Å². The van der Waals surface area contributed by atoms with E-state index in [-0.39, 0.29) is 6.04 Å². The molecule has 0 aliphatic carbocycles. The van der Waals surface area contributed by atoms with E-state index in [4.69, 9.17) is 28.8 Å². The number of fused-ring (bicyclic) bond motifs is 1. The average molecular weight is 374 g/mol. The second-order valence-corrected chi connectivity index (χ2v) is 7.69. The van der Waals surface area contributed by atoms with Gasteiger partial charge in [-0.15, -0.1) is 11.3 Å². The number of likely N-dealkylation sites (tertiary alicyclic amines) is 1. The summed E-state index contributed by atoms with van der Waals surface area (Å²) < 4.78 is 1.23. The molecular formula is C18H16ClN3S2. The third kappa shape index (κ3) is 3.11. The summed E-state index contributed by atoms with van der Waals surface area (Å²) >= 11 is 13.4. The van der Waals surface area contributed by atoms with Crippen molar-refractivity contribution in [2.24, 2.45) is 0 Å². The number of anilines is 1. The average Bonchev–Trinajstić information content (AvgIpc) is 3.23. The number of nitrogens with zero attached hydrogens (tertiary/aromatic N) is 2. The molecule has 4 rings (SSSR count). The molecule has 1 N–H and O–H groups in total. The SMILES string of the molecule is S=C(Nc1ccc(Cl)cc1)N1CCC[C@H]1c1nc2ccccc2s1. The van der Waals surface area contributed by atoms with Gasteiger partial charge in [-0.05, 0) is 61.5 Å². The number of benzene rings is 2. The predicted molar refractivity (Wildman–Crippen MR) is 106 cm³/mol. The van der Waals surface area contributed by atoms with E-state index in [1.54, 1.807) is 11.3 Å². The normalized spacial score (nSPS) is 17.4. The van der Waals surface area contributed by atoms with Gasteiger partial charge in [0.1, 0.15) is 5.01 Å². The molecular weight excluding hydrogens is 358 g/mol. The lowest BCUT2D eigenvalue weighted by Gasteiger charge is -2.26. The molecule has 1 fully saturated rings. The van der Waals surface area contributed by atoms with E-state index in [9.17, 15) is 0 Å². The fourth-order valence-electron chi connectivity index (χ4n) is 3.03. The number of aromatic nitrogens is 1. The van der Waals surface area contributed by atoms with Gasteiger partial charge in [-0.25, -0.2) is 4.98 Å². The van der Waals surface area contributed by atoms with Crippen LogP contribution in [0.25, 0.3) is 10.2 Å². The summed E-state index contributed by atoms with van der Waals surface area (Å²) in [6.07, 6.45) is 2.21. The van der Waals surface area contributed by atoms with Crippen LogP contribution in [0, 0.1) is 0 Å². The molecule has 1 aromatic heterocycles. The van der Waals surface area contributed by atoms with E-state index in [0.29, 0.717) is 0 Å².